The van der Waals surface area contributed by atoms with E-state index in [1.807, 2.05) is 13.0 Å². The minimum atomic E-state index is -3.59. The van der Waals surface area contributed by atoms with Gasteiger partial charge in [0.1, 0.15) is 4.60 Å². The van der Waals surface area contributed by atoms with E-state index in [-0.39, 0.29) is 24.0 Å². The fraction of sp³-hybridized carbons (Fsp3) is 0.455. The third kappa shape index (κ3) is 3.67. The number of hydrogen-bond donors (Lipinski definition) is 0. The van der Waals surface area contributed by atoms with Crippen molar-refractivity contribution in [3.63, 3.8) is 0 Å². The lowest BCUT2D eigenvalue weighted by Gasteiger charge is -2.18. The van der Waals surface area contributed by atoms with Gasteiger partial charge in [0.05, 0.1) is 11.4 Å². The molecular weight excluding hydrogens is 356 g/mol. The summed E-state index contributed by atoms with van der Waals surface area (Å²) in [5.41, 5.74) is 1.60. The van der Waals surface area contributed by atoms with Gasteiger partial charge in [-0.05, 0) is 34.5 Å². The number of aromatic nitrogens is 1. The Bertz CT molecular complexity index is 620. The SMILES string of the molecule is Cc1cnc(Br)c(N2CC(CS(=O)(=O)Cl)CC2=O)c1. The molecule has 1 aliphatic rings. The second kappa shape index (κ2) is 5.38. The summed E-state index contributed by atoms with van der Waals surface area (Å²) in [4.78, 5) is 17.7. The molecule has 1 saturated heterocycles. The first kappa shape index (κ1) is 14.7. The van der Waals surface area contributed by atoms with Crippen LogP contribution in [-0.2, 0) is 13.8 Å². The average molecular weight is 368 g/mol. The molecule has 2 rings (SSSR count). The summed E-state index contributed by atoms with van der Waals surface area (Å²) in [6.07, 6.45) is 1.88. The first-order valence-electron chi connectivity index (χ1n) is 5.61. The van der Waals surface area contributed by atoms with Crippen molar-refractivity contribution in [3.8, 4) is 0 Å². The molecule has 1 amide bonds. The van der Waals surface area contributed by atoms with Crippen molar-refractivity contribution in [2.45, 2.75) is 13.3 Å². The van der Waals surface area contributed by atoms with Crippen molar-refractivity contribution in [2.24, 2.45) is 5.92 Å². The van der Waals surface area contributed by atoms with Crippen LogP contribution in [-0.4, -0.2) is 31.6 Å². The first-order valence-corrected chi connectivity index (χ1v) is 8.88. The molecule has 1 unspecified atom stereocenters. The molecular formula is C11H12BrClN2O3S. The smallest absolute Gasteiger partial charge is 0.232 e. The molecule has 0 bridgehead atoms. The predicted molar refractivity (Wildman–Crippen MR) is 76.8 cm³/mol. The van der Waals surface area contributed by atoms with E-state index in [1.54, 1.807) is 11.1 Å². The Morgan fingerprint density at radius 3 is 2.89 bits per heavy atom. The molecule has 0 saturated carbocycles. The summed E-state index contributed by atoms with van der Waals surface area (Å²) < 4.78 is 22.7. The van der Waals surface area contributed by atoms with Crippen molar-refractivity contribution in [3.05, 3.63) is 22.4 Å². The Labute approximate surface area is 124 Å². The number of aryl methyl sites for hydroxylation is 1. The number of anilines is 1. The molecule has 5 nitrogen and oxygen atoms in total. The topological polar surface area (TPSA) is 67.3 Å². The predicted octanol–water partition coefficient (Wildman–Crippen LogP) is 2.07. The van der Waals surface area contributed by atoms with Gasteiger partial charge in [0.15, 0.2) is 0 Å². The van der Waals surface area contributed by atoms with Gasteiger partial charge >= 0.3 is 0 Å². The van der Waals surface area contributed by atoms with Crippen molar-refractivity contribution in [2.75, 3.05) is 17.2 Å². The Balaban J connectivity index is 2.23. The second-order valence-corrected chi connectivity index (χ2v) is 8.18. The highest BCUT2D eigenvalue weighted by atomic mass is 79.9. The summed E-state index contributed by atoms with van der Waals surface area (Å²) in [6, 6.07) is 1.84. The minimum Gasteiger partial charge on any atom is -0.310 e. The molecule has 0 N–H and O–H groups in total. The van der Waals surface area contributed by atoms with Gasteiger partial charge in [-0.2, -0.15) is 0 Å². The zero-order chi connectivity index (χ0) is 14.2. The van der Waals surface area contributed by atoms with Crippen LogP contribution in [0.2, 0.25) is 0 Å². The zero-order valence-electron chi connectivity index (χ0n) is 10.1. The molecule has 0 radical (unpaired) electrons. The number of pyridine rings is 1. The van der Waals surface area contributed by atoms with Crippen molar-refractivity contribution in [1.29, 1.82) is 0 Å². The Morgan fingerprint density at radius 1 is 1.58 bits per heavy atom. The van der Waals surface area contributed by atoms with Gasteiger partial charge in [-0.25, -0.2) is 13.4 Å². The van der Waals surface area contributed by atoms with E-state index in [2.05, 4.69) is 20.9 Å². The number of halogens is 2. The fourth-order valence-electron chi connectivity index (χ4n) is 2.13. The van der Waals surface area contributed by atoms with Gasteiger partial charge in [-0.1, -0.05) is 0 Å². The number of hydrogen-bond acceptors (Lipinski definition) is 4. The van der Waals surface area contributed by atoms with E-state index in [1.165, 1.54) is 0 Å². The number of carbonyl (C=O) groups is 1. The van der Waals surface area contributed by atoms with Crippen LogP contribution in [0.3, 0.4) is 0 Å². The van der Waals surface area contributed by atoms with E-state index in [0.29, 0.717) is 16.8 Å². The molecule has 0 aliphatic carbocycles. The summed E-state index contributed by atoms with van der Waals surface area (Å²) >= 11 is 3.30. The normalized spacial score (nSPS) is 20.1. The molecule has 8 heteroatoms. The largest absolute Gasteiger partial charge is 0.310 e. The molecule has 104 valence electrons. The maximum absolute atomic E-state index is 12.0. The Morgan fingerprint density at radius 2 is 2.26 bits per heavy atom. The van der Waals surface area contributed by atoms with Gasteiger partial charge in [0, 0.05) is 35.8 Å². The quantitative estimate of drug-likeness (QED) is 0.606. The van der Waals surface area contributed by atoms with Crippen LogP contribution in [0, 0.1) is 12.8 Å². The molecule has 2 heterocycles. The van der Waals surface area contributed by atoms with Crippen LogP contribution < -0.4 is 4.90 Å². The van der Waals surface area contributed by atoms with E-state index >= 15 is 0 Å². The number of rotatable bonds is 3. The molecule has 1 aromatic heterocycles. The lowest BCUT2D eigenvalue weighted by molar-refractivity contribution is -0.117. The molecule has 1 fully saturated rings. The standard InChI is InChI=1S/C11H12BrClN2O3S/c1-7-2-9(11(12)14-4-7)15-5-8(3-10(15)16)6-19(13,17)18/h2,4,8H,3,5-6H2,1H3. The summed E-state index contributed by atoms with van der Waals surface area (Å²) in [6.45, 7) is 2.22. The highest BCUT2D eigenvalue weighted by Gasteiger charge is 2.34. The van der Waals surface area contributed by atoms with E-state index in [4.69, 9.17) is 10.7 Å². The van der Waals surface area contributed by atoms with Gasteiger partial charge in [0.25, 0.3) is 0 Å². The number of nitrogens with zero attached hydrogens (tertiary/aromatic N) is 2. The van der Waals surface area contributed by atoms with Gasteiger partial charge in [0.2, 0.25) is 15.0 Å². The summed E-state index contributed by atoms with van der Waals surface area (Å²) in [5, 5.41) is 0. The maximum Gasteiger partial charge on any atom is 0.232 e. The third-order valence-corrected chi connectivity index (χ3v) is 4.75. The van der Waals surface area contributed by atoms with Crippen LogP contribution in [0.15, 0.2) is 16.9 Å². The first-order chi connectivity index (χ1) is 8.76. The van der Waals surface area contributed by atoms with Gasteiger partial charge in [-0.3, -0.25) is 4.79 Å². The molecule has 0 aromatic carbocycles. The van der Waals surface area contributed by atoms with Crippen LogP contribution >= 0.6 is 26.6 Å². The molecule has 1 aliphatic heterocycles. The van der Waals surface area contributed by atoms with Crippen LogP contribution in [0.25, 0.3) is 0 Å². The molecule has 0 spiro atoms. The lowest BCUT2D eigenvalue weighted by Crippen LogP contribution is -2.26. The Kier molecular flexibility index (Phi) is 4.17. The zero-order valence-corrected chi connectivity index (χ0v) is 13.3. The number of amides is 1. The monoisotopic (exact) mass is 366 g/mol. The van der Waals surface area contributed by atoms with Gasteiger partial charge in [-0.15, -0.1) is 0 Å². The van der Waals surface area contributed by atoms with Crippen molar-refractivity contribution < 1.29 is 13.2 Å². The van der Waals surface area contributed by atoms with Crippen molar-refractivity contribution >= 4 is 47.3 Å². The molecule has 19 heavy (non-hydrogen) atoms. The van der Waals surface area contributed by atoms with Crippen LogP contribution in [0.5, 0.6) is 0 Å². The minimum absolute atomic E-state index is 0.113. The van der Waals surface area contributed by atoms with Crippen LogP contribution in [0.4, 0.5) is 5.69 Å². The van der Waals surface area contributed by atoms with Crippen LogP contribution in [0.1, 0.15) is 12.0 Å². The highest BCUT2D eigenvalue weighted by molar-refractivity contribution is 9.10. The van der Waals surface area contributed by atoms with E-state index in [9.17, 15) is 13.2 Å². The molecule has 1 atom stereocenters. The van der Waals surface area contributed by atoms with E-state index < -0.39 is 9.05 Å². The molecule has 1 aromatic rings. The summed E-state index contributed by atoms with van der Waals surface area (Å²) in [5.74, 6) is -0.575. The van der Waals surface area contributed by atoms with Crippen molar-refractivity contribution in [1.82, 2.24) is 4.98 Å². The number of carbonyl (C=O) groups excluding carboxylic acids is 1. The lowest BCUT2D eigenvalue weighted by atomic mass is 10.1. The summed E-state index contributed by atoms with van der Waals surface area (Å²) in [7, 11) is 1.64. The Hall–Kier alpha value is -0.660. The third-order valence-electron chi connectivity index (χ3n) is 2.89. The second-order valence-electron chi connectivity index (χ2n) is 4.60. The van der Waals surface area contributed by atoms with E-state index in [0.717, 1.165) is 5.56 Å². The fourth-order valence-corrected chi connectivity index (χ4v) is 3.89. The highest BCUT2D eigenvalue weighted by Crippen LogP contribution is 2.31. The maximum atomic E-state index is 12.0. The van der Waals surface area contributed by atoms with Gasteiger partial charge < -0.3 is 4.90 Å². The average Bonchev–Trinajstić information content (AvgIpc) is 2.60.